The van der Waals surface area contributed by atoms with Crippen LogP contribution >= 0.6 is 12.4 Å². The molecule has 0 aromatic carbocycles. The van der Waals surface area contributed by atoms with E-state index in [1.54, 1.807) is 0 Å². The van der Waals surface area contributed by atoms with Gasteiger partial charge in [0.25, 0.3) is 0 Å². The number of nitrogens with one attached hydrogen (secondary N) is 1. The molecule has 1 saturated carbocycles. The summed E-state index contributed by atoms with van der Waals surface area (Å²) in [5.41, 5.74) is 0. The monoisotopic (exact) mass is 315 g/mol. The van der Waals surface area contributed by atoms with Gasteiger partial charge in [-0.2, -0.15) is 0 Å². The molecule has 21 heavy (non-hydrogen) atoms. The quantitative estimate of drug-likeness (QED) is 0.860. The highest BCUT2D eigenvalue weighted by Gasteiger charge is 2.23. The van der Waals surface area contributed by atoms with Crippen molar-refractivity contribution in [2.75, 3.05) is 52.4 Å². The summed E-state index contributed by atoms with van der Waals surface area (Å²) in [6.07, 6.45) is 10.2. The fraction of sp³-hybridized carbons (Fsp3) is 1.00. The third-order valence-electron chi connectivity index (χ3n) is 5.68. The van der Waals surface area contributed by atoms with Crippen LogP contribution in [0.3, 0.4) is 0 Å². The summed E-state index contributed by atoms with van der Waals surface area (Å²) in [4.78, 5) is 5.47. The lowest BCUT2D eigenvalue weighted by Gasteiger charge is -2.39. The molecule has 0 unspecified atom stereocenters. The number of hydrogen-bond donors (Lipinski definition) is 1. The number of hydrogen-bond acceptors (Lipinski definition) is 3. The molecule has 0 aromatic rings. The fourth-order valence-electron chi connectivity index (χ4n) is 4.32. The van der Waals surface area contributed by atoms with Gasteiger partial charge in [0.15, 0.2) is 0 Å². The smallest absolute Gasteiger partial charge is 0.0110 e. The lowest BCUT2D eigenvalue weighted by atomic mass is 9.89. The Morgan fingerprint density at radius 1 is 0.667 bits per heavy atom. The highest BCUT2D eigenvalue weighted by molar-refractivity contribution is 5.85. The molecule has 2 aliphatic heterocycles. The van der Waals surface area contributed by atoms with Gasteiger partial charge in [0.2, 0.25) is 0 Å². The Balaban J connectivity index is 0.00000161. The standard InChI is InChI=1S/C17H33N3.ClH/c1-2-4-16(5-3-1)14-19-10-12-20(13-11-19)15-17-6-8-18-9-7-17;/h16-18H,1-15H2;1H. The summed E-state index contributed by atoms with van der Waals surface area (Å²) in [6, 6.07) is 0. The summed E-state index contributed by atoms with van der Waals surface area (Å²) in [5.74, 6) is 1.97. The maximum Gasteiger partial charge on any atom is 0.0110 e. The Kier molecular flexibility index (Phi) is 7.79. The zero-order chi connectivity index (χ0) is 13.6. The first kappa shape index (κ1) is 17.5. The van der Waals surface area contributed by atoms with E-state index >= 15 is 0 Å². The summed E-state index contributed by atoms with van der Waals surface area (Å²) < 4.78 is 0. The molecule has 3 fully saturated rings. The zero-order valence-corrected chi connectivity index (χ0v) is 14.4. The SMILES string of the molecule is C1CCC(CN2CCN(CC3CCNCC3)CC2)CC1.Cl. The Bertz CT molecular complexity index is 239. The molecular formula is C17H34ClN3. The predicted octanol–water partition coefficient (Wildman–Crippen LogP) is 2.61. The van der Waals surface area contributed by atoms with Crippen molar-refractivity contribution in [1.29, 1.82) is 0 Å². The van der Waals surface area contributed by atoms with Crippen LogP contribution in [0.2, 0.25) is 0 Å². The van der Waals surface area contributed by atoms with E-state index in [-0.39, 0.29) is 12.4 Å². The first-order chi connectivity index (χ1) is 9.90. The van der Waals surface area contributed by atoms with Crippen LogP contribution in [0.15, 0.2) is 0 Å². The van der Waals surface area contributed by atoms with E-state index in [1.165, 1.54) is 97.3 Å². The van der Waals surface area contributed by atoms with Crippen molar-refractivity contribution in [3.63, 3.8) is 0 Å². The normalized spacial score (nSPS) is 27.4. The van der Waals surface area contributed by atoms with Crippen LogP contribution in [0.1, 0.15) is 44.9 Å². The maximum absolute atomic E-state index is 3.48. The van der Waals surface area contributed by atoms with Crippen LogP contribution in [0.5, 0.6) is 0 Å². The minimum atomic E-state index is 0. The van der Waals surface area contributed by atoms with Gasteiger partial charge in [0.05, 0.1) is 0 Å². The van der Waals surface area contributed by atoms with Gasteiger partial charge < -0.3 is 15.1 Å². The van der Waals surface area contributed by atoms with Gasteiger partial charge in [-0.15, -0.1) is 12.4 Å². The van der Waals surface area contributed by atoms with Crippen molar-refractivity contribution < 1.29 is 0 Å². The van der Waals surface area contributed by atoms with Crippen molar-refractivity contribution in [2.45, 2.75) is 44.9 Å². The maximum atomic E-state index is 3.48. The van der Waals surface area contributed by atoms with Gasteiger partial charge in [-0.05, 0) is 50.6 Å². The zero-order valence-electron chi connectivity index (χ0n) is 13.6. The van der Waals surface area contributed by atoms with Crippen molar-refractivity contribution in [3.8, 4) is 0 Å². The van der Waals surface area contributed by atoms with Gasteiger partial charge in [0.1, 0.15) is 0 Å². The van der Waals surface area contributed by atoms with Gasteiger partial charge >= 0.3 is 0 Å². The minimum absolute atomic E-state index is 0. The molecule has 1 aliphatic carbocycles. The van der Waals surface area contributed by atoms with E-state index in [2.05, 4.69) is 15.1 Å². The van der Waals surface area contributed by atoms with E-state index in [4.69, 9.17) is 0 Å². The Hall–Kier alpha value is 0.170. The molecule has 1 N–H and O–H groups in total. The van der Waals surface area contributed by atoms with Crippen LogP contribution in [0, 0.1) is 11.8 Å². The largest absolute Gasteiger partial charge is 0.317 e. The molecule has 3 rings (SSSR count). The first-order valence-electron chi connectivity index (χ1n) is 9.05. The molecule has 2 heterocycles. The highest BCUT2D eigenvalue weighted by Crippen LogP contribution is 2.25. The molecule has 0 radical (unpaired) electrons. The molecule has 124 valence electrons. The molecule has 0 atom stereocenters. The van der Waals surface area contributed by atoms with E-state index in [0.29, 0.717) is 0 Å². The molecule has 3 aliphatic rings. The van der Waals surface area contributed by atoms with Gasteiger partial charge in [-0.1, -0.05) is 19.3 Å². The van der Waals surface area contributed by atoms with E-state index < -0.39 is 0 Å². The third kappa shape index (κ3) is 5.70. The van der Waals surface area contributed by atoms with E-state index in [1.807, 2.05) is 0 Å². The van der Waals surface area contributed by atoms with E-state index in [9.17, 15) is 0 Å². The van der Waals surface area contributed by atoms with Crippen LogP contribution < -0.4 is 5.32 Å². The molecule has 4 heteroatoms. The average molecular weight is 316 g/mol. The van der Waals surface area contributed by atoms with Gasteiger partial charge in [0, 0.05) is 39.3 Å². The number of piperidine rings is 1. The second-order valence-electron chi connectivity index (χ2n) is 7.30. The third-order valence-corrected chi connectivity index (χ3v) is 5.68. The number of piperazine rings is 1. The second-order valence-corrected chi connectivity index (χ2v) is 7.30. The summed E-state index contributed by atoms with van der Waals surface area (Å²) in [5, 5.41) is 3.48. The molecule has 0 bridgehead atoms. The van der Waals surface area contributed by atoms with Crippen molar-refractivity contribution in [2.24, 2.45) is 11.8 Å². The van der Waals surface area contributed by atoms with Gasteiger partial charge in [-0.25, -0.2) is 0 Å². The topological polar surface area (TPSA) is 18.5 Å². The molecule has 3 nitrogen and oxygen atoms in total. The van der Waals surface area contributed by atoms with Crippen LogP contribution in [-0.2, 0) is 0 Å². The van der Waals surface area contributed by atoms with Crippen molar-refractivity contribution in [3.05, 3.63) is 0 Å². The minimum Gasteiger partial charge on any atom is -0.317 e. The predicted molar refractivity (Wildman–Crippen MR) is 92.3 cm³/mol. The average Bonchev–Trinajstić information content (AvgIpc) is 2.51. The lowest BCUT2D eigenvalue weighted by Crippen LogP contribution is -2.49. The highest BCUT2D eigenvalue weighted by atomic mass is 35.5. The molecule has 0 aromatic heterocycles. The number of rotatable bonds is 4. The van der Waals surface area contributed by atoms with Crippen LogP contribution in [-0.4, -0.2) is 62.2 Å². The van der Waals surface area contributed by atoms with Crippen LogP contribution in [0.25, 0.3) is 0 Å². The van der Waals surface area contributed by atoms with Crippen LogP contribution in [0.4, 0.5) is 0 Å². The Labute approximate surface area is 137 Å². The lowest BCUT2D eigenvalue weighted by molar-refractivity contribution is 0.0940. The summed E-state index contributed by atoms with van der Waals surface area (Å²) in [6.45, 7) is 10.5. The van der Waals surface area contributed by atoms with Gasteiger partial charge in [-0.3, -0.25) is 0 Å². The van der Waals surface area contributed by atoms with E-state index in [0.717, 1.165) is 11.8 Å². The molecule has 0 spiro atoms. The fourth-order valence-corrected chi connectivity index (χ4v) is 4.32. The molecule has 2 saturated heterocycles. The number of nitrogens with zero attached hydrogens (tertiary/aromatic N) is 2. The Morgan fingerprint density at radius 3 is 1.67 bits per heavy atom. The molecular weight excluding hydrogens is 282 g/mol. The Morgan fingerprint density at radius 2 is 1.14 bits per heavy atom. The summed E-state index contributed by atoms with van der Waals surface area (Å²) in [7, 11) is 0. The number of halogens is 1. The molecule has 0 amide bonds. The second kappa shape index (κ2) is 9.34. The first-order valence-corrected chi connectivity index (χ1v) is 9.05. The summed E-state index contributed by atoms with van der Waals surface area (Å²) >= 11 is 0. The van der Waals surface area contributed by atoms with Crippen molar-refractivity contribution in [1.82, 2.24) is 15.1 Å². The van der Waals surface area contributed by atoms with Crippen molar-refractivity contribution >= 4 is 12.4 Å².